The summed E-state index contributed by atoms with van der Waals surface area (Å²) < 4.78 is 13.3. The summed E-state index contributed by atoms with van der Waals surface area (Å²) in [6, 6.07) is 4.67. The van der Waals surface area contributed by atoms with Crippen LogP contribution in [0.4, 0.5) is 10.1 Å². The summed E-state index contributed by atoms with van der Waals surface area (Å²) in [7, 11) is 0. The van der Waals surface area contributed by atoms with Crippen molar-refractivity contribution in [2.45, 2.75) is 0 Å². The lowest BCUT2D eigenvalue weighted by molar-refractivity contribution is 0.621. The van der Waals surface area contributed by atoms with Gasteiger partial charge in [0.25, 0.3) is 0 Å². The van der Waals surface area contributed by atoms with E-state index in [1.807, 2.05) is 0 Å². The predicted molar refractivity (Wildman–Crippen MR) is 56.1 cm³/mol. The van der Waals surface area contributed by atoms with Crippen molar-refractivity contribution in [2.24, 2.45) is 0 Å². The van der Waals surface area contributed by atoms with Gasteiger partial charge in [-0.25, -0.2) is 4.39 Å². The van der Waals surface area contributed by atoms with Crippen LogP contribution in [0.2, 0.25) is 0 Å². The Kier molecular flexibility index (Phi) is 2.25. The summed E-state index contributed by atoms with van der Waals surface area (Å²) in [4.78, 5) is 0. The predicted octanol–water partition coefficient (Wildman–Crippen LogP) is 2.56. The van der Waals surface area contributed by atoms with E-state index in [2.05, 4.69) is 26.1 Å². The standard InChI is InChI=1S/C9H7BrFN3/c10-6-3-5(1-2-7(6)11)9-8(12)4-13-14-9/h1-4H,12H2,(H,13,14). The molecule has 2 rings (SSSR count). The highest BCUT2D eigenvalue weighted by Crippen LogP contribution is 2.26. The van der Waals surface area contributed by atoms with Gasteiger partial charge in [0.05, 0.1) is 22.1 Å². The molecule has 1 aromatic heterocycles. The molecule has 1 aromatic carbocycles. The highest BCUT2D eigenvalue weighted by molar-refractivity contribution is 9.10. The highest BCUT2D eigenvalue weighted by atomic mass is 79.9. The zero-order valence-corrected chi connectivity index (χ0v) is 8.68. The number of aromatic nitrogens is 2. The fourth-order valence-corrected chi connectivity index (χ4v) is 1.56. The Morgan fingerprint density at radius 1 is 1.43 bits per heavy atom. The van der Waals surface area contributed by atoms with Crippen LogP contribution >= 0.6 is 15.9 Å². The monoisotopic (exact) mass is 255 g/mol. The number of benzene rings is 1. The first-order chi connectivity index (χ1) is 6.68. The van der Waals surface area contributed by atoms with Crippen LogP contribution in [0.3, 0.4) is 0 Å². The first-order valence-corrected chi connectivity index (χ1v) is 4.72. The van der Waals surface area contributed by atoms with Gasteiger partial charge in [0.1, 0.15) is 5.82 Å². The summed E-state index contributed by atoms with van der Waals surface area (Å²) in [5.41, 5.74) is 7.70. The fraction of sp³-hybridized carbons (Fsp3) is 0. The average Bonchev–Trinajstić information content (AvgIpc) is 2.57. The lowest BCUT2D eigenvalue weighted by atomic mass is 10.1. The van der Waals surface area contributed by atoms with E-state index in [1.165, 1.54) is 12.3 Å². The van der Waals surface area contributed by atoms with Crippen molar-refractivity contribution in [2.75, 3.05) is 5.73 Å². The number of hydrogen-bond donors (Lipinski definition) is 2. The molecule has 0 fully saturated rings. The molecule has 0 saturated carbocycles. The topological polar surface area (TPSA) is 54.7 Å². The molecule has 0 spiro atoms. The van der Waals surface area contributed by atoms with Gasteiger partial charge in [-0.3, -0.25) is 5.10 Å². The molecule has 0 amide bonds. The van der Waals surface area contributed by atoms with Crippen LogP contribution in [0.25, 0.3) is 11.3 Å². The number of H-pyrrole nitrogens is 1. The highest BCUT2D eigenvalue weighted by Gasteiger charge is 2.06. The second kappa shape index (κ2) is 3.42. The van der Waals surface area contributed by atoms with Gasteiger partial charge >= 0.3 is 0 Å². The second-order valence-corrected chi connectivity index (χ2v) is 3.68. The van der Waals surface area contributed by atoms with Crippen molar-refractivity contribution in [1.82, 2.24) is 10.2 Å². The maximum absolute atomic E-state index is 12.9. The zero-order valence-electron chi connectivity index (χ0n) is 7.09. The number of nitrogens with zero attached hydrogens (tertiary/aromatic N) is 1. The van der Waals surface area contributed by atoms with Crippen molar-refractivity contribution in [3.63, 3.8) is 0 Å². The van der Waals surface area contributed by atoms with Crippen LogP contribution in [0, 0.1) is 5.82 Å². The summed E-state index contributed by atoms with van der Waals surface area (Å²) >= 11 is 3.11. The third-order valence-electron chi connectivity index (χ3n) is 1.88. The largest absolute Gasteiger partial charge is 0.396 e. The molecule has 0 unspecified atom stereocenters. The number of hydrogen-bond acceptors (Lipinski definition) is 2. The molecule has 0 aliphatic carbocycles. The fourth-order valence-electron chi connectivity index (χ4n) is 1.18. The molecule has 72 valence electrons. The molecule has 3 nitrogen and oxygen atoms in total. The summed E-state index contributed by atoms with van der Waals surface area (Å²) in [6.45, 7) is 0. The van der Waals surface area contributed by atoms with E-state index in [-0.39, 0.29) is 5.82 Å². The Balaban J connectivity index is 2.53. The van der Waals surface area contributed by atoms with Gasteiger partial charge < -0.3 is 5.73 Å². The van der Waals surface area contributed by atoms with Crippen LogP contribution < -0.4 is 5.73 Å². The quantitative estimate of drug-likeness (QED) is 0.823. The Bertz CT molecular complexity index is 467. The third kappa shape index (κ3) is 1.50. The number of aromatic amines is 1. The van der Waals surface area contributed by atoms with Crippen molar-refractivity contribution in [3.05, 3.63) is 34.7 Å². The van der Waals surface area contributed by atoms with Gasteiger partial charge in [0.2, 0.25) is 0 Å². The van der Waals surface area contributed by atoms with Crippen LogP contribution in [-0.4, -0.2) is 10.2 Å². The minimum absolute atomic E-state index is 0.299. The molecule has 0 radical (unpaired) electrons. The van der Waals surface area contributed by atoms with Crippen molar-refractivity contribution in [3.8, 4) is 11.3 Å². The van der Waals surface area contributed by atoms with E-state index >= 15 is 0 Å². The van der Waals surface area contributed by atoms with Gasteiger partial charge in [-0.1, -0.05) is 0 Å². The smallest absolute Gasteiger partial charge is 0.137 e. The Morgan fingerprint density at radius 3 is 2.79 bits per heavy atom. The molecule has 0 bridgehead atoms. The van der Waals surface area contributed by atoms with E-state index in [1.54, 1.807) is 12.1 Å². The van der Waals surface area contributed by atoms with Gasteiger partial charge in [-0.15, -0.1) is 0 Å². The van der Waals surface area contributed by atoms with Crippen molar-refractivity contribution >= 4 is 21.6 Å². The Labute approximate surface area is 88.3 Å². The van der Waals surface area contributed by atoms with E-state index < -0.39 is 0 Å². The van der Waals surface area contributed by atoms with Crippen LogP contribution in [0.1, 0.15) is 0 Å². The number of nitrogens with two attached hydrogens (primary N) is 1. The molecule has 1 heterocycles. The lowest BCUT2D eigenvalue weighted by Gasteiger charge is -2.00. The Morgan fingerprint density at radius 2 is 2.21 bits per heavy atom. The first-order valence-electron chi connectivity index (χ1n) is 3.93. The zero-order chi connectivity index (χ0) is 10.1. The van der Waals surface area contributed by atoms with Gasteiger partial charge in [-0.05, 0) is 34.1 Å². The summed E-state index contributed by atoms with van der Waals surface area (Å²) in [5.74, 6) is -0.299. The molecule has 3 N–H and O–H groups in total. The van der Waals surface area contributed by atoms with Gasteiger partial charge in [0, 0.05) is 5.56 Å². The number of nitrogens with one attached hydrogen (secondary N) is 1. The molecule has 0 atom stereocenters. The molecular weight excluding hydrogens is 249 g/mol. The van der Waals surface area contributed by atoms with E-state index in [9.17, 15) is 4.39 Å². The molecule has 0 saturated heterocycles. The third-order valence-corrected chi connectivity index (χ3v) is 2.48. The minimum Gasteiger partial charge on any atom is -0.396 e. The van der Waals surface area contributed by atoms with Crippen LogP contribution in [-0.2, 0) is 0 Å². The molecule has 2 aromatic rings. The second-order valence-electron chi connectivity index (χ2n) is 2.83. The normalized spacial score (nSPS) is 10.4. The maximum Gasteiger partial charge on any atom is 0.137 e. The molecular formula is C9H7BrFN3. The summed E-state index contributed by atoms with van der Waals surface area (Å²) in [5, 5.41) is 6.54. The van der Waals surface area contributed by atoms with Crippen LogP contribution in [0.5, 0.6) is 0 Å². The van der Waals surface area contributed by atoms with Gasteiger partial charge in [0.15, 0.2) is 0 Å². The van der Waals surface area contributed by atoms with E-state index in [0.717, 1.165) is 5.56 Å². The number of anilines is 1. The van der Waals surface area contributed by atoms with Gasteiger partial charge in [-0.2, -0.15) is 5.10 Å². The summed E-state index contributed by atoms with van der Waals surface area (Å²) in [6.07, 6.45) is 1.52. The number of nitrogen functional groups attached to an aromatic ring is 1. The Hall–Kier alpha value is -1.36. The number of rotatable bonds is 1. The minimum atomic E-state index is -0.299. The van der Waals surface area contributed by atoms with Crippen molar-refractivity contribution < 1.29 is 4.39 Å². The molecule has 0 aliphatic heterocycles. The van der Waals surface area contributed by atoms with E-state index in [0.29, 0.717) is 15.9 Å². The average molecular weight is 256 g/mol. The first kappa shape index (κ1) is 9.21. The van der Waals surface area contributed by atoms with E-state index in [4.69, 9.17) is 5.73 Å². The molecule has 5 heteroatoms. The van der Waals surface area contributed by atoms with Crippen molar-refractivity contribution in [1.29, 1.82) is 0 Å². The number of halogens is 2. The lowest BCUT2D eigenvalue weighted by Crippen LogP contribution is -1.87. The molecule has 14 heavy (non-hydrogen) atoms. The van der Waals surface area contributed by atoms with Crippen LogP contribution in [0.15, 0.2) is 28.9 Å². The SMILES string of the molecule is Nc1cn[nH]c1-c1ccc(F)c(Br)c1. The maximum atomic E-state index is 12.9. The molecule has 0 aliphatic rings.